The molecule has 0 aromatic rings. The van der Waals surface area contributed by atoms with Gasteiger partial charge in [0.05, 0.1) is 19.6 Å². The zero-order chi connectivity index (χ0) is 12.7. The molecular formula is C11H16N2O4. The van der Waals surface area contributed by atoms with Crippen LogP contribution in [0.25, 0.3) is 0 Å². The zero-order valence-corrected chi connectivity index (χ0v) is 9.85. The van der Waals surface area contributed by atoms with Crippen molar-refractivity contribution in [2.24, 2.45) is 0 Å². The molecule has 0 saturated carbocycles. The standard InChI is InChI=1S/C11H16N2O4/c1-16-10(14)9(5-6-12)17-11(15)13-7-3-2-4-8-13/h9H,2-5,7-8H2,1H3. The lowest BCUT2D eigenvalue weighted by Crippen LogP contribution is -2.40. The molecule has 1 saturated heterocycles. The molecule has 1 fully saturated rings. The molecule has 1 atom stereocenters. The molecule has 1 aliphatic heterocycles. The third-order valence-corrected chi connectivity index (χ3v) is 2.60. The lowest BCUT2D eigenvalue weighted by atomic mass is 10.1. The maximum atomic E-state index is 11.7. The quantitative estimate of drug-likeness (QED) is 0.689. The van der Waals surface area contributed by atoms with Gasteiger partial charge in [0.25, 0.3) is 0 Å². The van der Waals surface area contributed by atoms with Crippen LogP contribution in [0.5, 0.6) is 0 Å². The molecule has 1 rings (SSSR count). The first-order valence-corrected chi connectivity index (χ1v) is 5.59. The van der Waals surface area contributed by atoms with Gasteiger partial charge in [-0.1, -0.05) is 0 Å². The normalized spacial score (nSPS) is 16.8. The van der Waals surface area contributed by atoms with Crippen LogP contribution in [0.4, 0.5) is 4.79 Å². The number of hydrogen-bond donors (Lipinski definition) is 0. The van der Waals surface area contributed by atoms with E-state index in [9.17, 15) is 9.59 Å². The van der Waals surface area contributed by atoms with Crippen molar-refractivity contribution in [2.45, 2.75) is 31.8 Å². The smallest absolute Gasteiger partial charge is 0.410 e. The number of nitrogens with zero attached hydrogens (tertiary/aromatic N) is 2. The molecule has 1 aliphatic rings. The molecule has 6 heteroatoms. The number of carbonyl (C=O) groups excluding carboxylic acids is 2. The van der Waals surface area contributed by atoms with Crippen LogP contribution in [-0.2, 0) is 14.3 Å². The predicted molar refractivity (Wildman–Crippen MR) is 57.9 cm³/mol. The highest BCUT2D eigenvalue weighted by Crippen LogP contribution is 2.12. The van der Waals surface area contributed by atoms with Gasteiger partial charge in [0, 0.05) is 13.1 Å². The molecular weight excluding hydrogens is 224 g/mol. The number of hydrogen-bond acceptors (Lipinski definition) is 5. The second-order valence-electron chi connectivity index (χ2n) is 3.81. The molecule has 0 spiro atoms. The molecule has 0 bridgehead atoms. The fourth-order valence-corrected chi connectivity index (χ4v) is 1.66. The van der Waals surface area contributed by atoms with Gasteiger partial charge < -0.3 is 14.4 Å². The fraction of sp³-hybridized carbons (Fsp3) is 0.727. The average molecular weight is 240 g/mol. The highest BCUT2D eigenvalue weighted by Gasteiger charge is 2.27. The predicted octanol–water partition coefficient (Wildman–Crippen LogP) is 1.06. The van der Waals surface area contributed by atoms with Gasteiger partial charge in [0.2, 0.25) is 6.10 Å². The first kappa shape index (κ1) is 13.3. The SMILES string of the molecule is COC(=O)C(CC#N)OC(=O)N1CCCCC1. The van der Waals surface area contributed by atoms with Crippen LogP contribution in [0.2, 0.25) is 0 Å². The number of ether oxygens (including phenoxy) is 2. The Morgan fingerprint density at radius 2 is 2.00 bits per heavy atom. The molecule has 94 valence electrons. The number of carbonyl (C=O) groups is 2. The summed E-state index contributed by atoms with van der Waals surface area (Å²) in [6, 6.07) is 1.79. The summed E-state index contributed by atoms with van der Waals surface area (Å²) in [5.74, 6) is -0.697. The fourth-order valence-electron chi connectivity index (χ4n) is 1.66. The highest BCUT2D eigenvalue weighted by molar-refractivity contribution is 5.79. The number of rotatable bonds is 3. The summed E-state index contributed by atoms with van der Waals surface area (Å²) in [5, 5.41) is 8.54. The van der Waals surface area contributed by atoms with Crippen molar-refractivity contribution in [3.63, 3.8) is 0 Å². The number of amides is 1. The topological polar surface area (TPSA) is 79.6 Å². The minimum absolute atomic E-state index is 0.188. The van der Waals surface area contributed by atoms with Crippen molar-refractivity contribution in [1.82, 2.24) is 4.90 Å². The summed E-state index contributed by atoms with van der Waals surface area (Å²) in [7, 11) is 1.20. The van der Waals surface area contributed by atoms with Gasteiger partial charge in [-0.2, -0.15) is 5.26 Å². The molecule has 1 amide bonds. The van der Waals surface area contributed by atoms with Crippen LogP contribution in [0.3, 0.4) is 0 Å². The Kier molecular flexibility index (Phi) is 5.27. The van der Waals surface area contributed by atoms with E-state index in [1.54, 1.807) is 11.0 Å². The van der Waals surface area contributed by atoms with Crippen molar-refractivity contribution in [3.05, 3.63) is 0 Å². The molecule has 0 aromatic heterocycles. The molecule has 1 unspecified atom stereocenters. The van der Waals surface area contributed by atoms with Gasteiger partial charge in [0.15, 0.2) is 0 Å². The number of methoxy groups -OCH3 is 1. The van der Waals surface area contributed by atoms with Crippen LogP contribution < -0.4 is 0 Å². The molecule has 0 aliphatic carbocycles. The summed E-state index contributed by atoms with van der Waals surface area (Å²) in [6.45, 7) is 1.28. The maximum absolute atomic E-state index is 11.7. The summed E-state index contributed by atoms with van der Waals surface area (Å²) in [6.07, 6.45) is 1.12. The largest absolute Gasteiger partial charge is 0.466 e. The molecule has 1 heterocycles. The monoisotopic (exact) mass is 240 g/mol. The Morgan fingerprint density at radius 3 is 2.53 bits per heavy atom. The third kappa shape index (κ3) is 3.94. The molecule has 6 nitrogen and oxygen atoms in total. The molecule has 0 aromatic carbocycles. The summed E-state index contributed by atoms with van der Waals surface area (Å²) in [5.41, 5.74) is 0. The van der Waals surface area contributed by atoms with Gasteiger partial charge in [-0.15, -0.1) is 0 Å². The molecule has 0 N–H and O–H groups in total. The van der Waals surface area contributed by atoms with E-state index in [4.69, 9.17) is 10.00 Å². The Hall–Kier alpha value is -1.77. The van der Waals surface area contributed by atoms with Crippen LogP contribution in [0, 0.1) is 11.3 Å². The van der Waals surface area contributed by atoms with Crippen LogP contribution >= 0.6 is 0 Å². The first-order valence-electron chi connectivity index (χ1n) is 5.59. The van der Waals surface area contributed by atoms with Crippen LogP contribution in [0.15, 0.2) is 0 Å². The van der Waals surface area contributed by atoms with Crippen molar-refractivity contribution >= 4 is 12.1 Å². The average Bonchev–Trinajstić information content (AvgIpc) is 2.38. The van der Waals surface area contributed by atoms with E-state index in [-0.39, 0.29) is 6.42 Å². The Morgan fingerprint density at radius 1 is 1.35 bits per heavy atom. The molecule has 0 radical (unpaired) electrons. The van der Waals surface area contributed by atoms with Crippen molar-refractivity contribution in [2.75, 3.05) is 20.2 Å². The van der Waals surface area contributed by atoms with E-state index in [1.807, 2.05) is 0 Å². The van der Waals surface area contributed by atoms with Gasteiger partial charge in [-0.05, 0) is 19.3 Å². The number of likely N-dealkylation sites (tertiary alicyclic amines) is 1. The minimum atomic E-state index is -1.13. The Balaban J connectivity index is 2.51. The van der Waals surface area contributed by atoms with E-state index < -0.39 is 18.2 Å². The van der Waals surface area contributed by atoms with E-state index in [0.717, 1.165) is 19.3 Å². The zero-order valence-electron chi connectivity index (χ0n) is 9.85. The molecule has 17 heavy (non-hydrogen) atoms. The highest BCUT2D eigenvalue weighted by atomic mass is 16.6. The second-order valence-corrected chi connectivity index (χ2v) is 3.81. The van der Waals surface area contributed by atoms with Gasteiger partial charge in [0.1, 0.15) is 0 Å². The minimum Gasteiger partial charge on any atom is -0.466 e. The van der Waals surface area contributed by atoms with E-state index >= 15 is 0 Å². The summed E-state index contributed by atoms with van der Waals surface area (Å²) < 4.78 is 9.44. The maximum Gasteiger partial charge on any atom is 0.410 e. The van der Waals surface area contributed by atoms with E-state index in [0.29, 0.717) is 13.1 Å². The van der Waals surface area contributed by atoms with Crippen LogP contribution in [-0.4, -0.2) is 43.3 Å². The summed E-state index contributed by atoms with van der Waals surface area (Å²) in [4.78, 5) is 24.5. The van der Waals surface area contributed by atoms with Gasteiger partial charge in [-0.25, -0.2) is 9.59 Å². The Labute approximate surface area is 100 Å². The number of esters is 1. The first-order chi connectivity index (χ1) is 8.19. The van der Waals surface area contributed by atoms with Crippen molar-refractivity contribution in [1.29, 1.82) is 5.26 Å². The van der Waals surface area contributed by atoms with Gasteiger partial charge >= 0.3 is 12.1 Å². The van der Waals surface area contributed by atoms with E-state index in [2.05, 4.69) is 4.74 Å². The van der Waals surface area contributed by atoms with Crippen molar-refractivity contribution in [3.8, 4) is 6.07 Å². The lowest BCUT2D eigenvalue weighted by Gasteiger charge is -2.27. The third-order valence-electron chi connectivity index (χ3n) is 2.60. The number of nitriles is 1. The lowest BCUT2D eigenvalue weighted by molar-refractivity contribution is -0.150. The summed E-state index contributed by atoms with van der Waals surface area (Å²) >= 11 is 0. The van der Waals surface area contributed by atoms with Gasteiger partial charge in [-0.3, -0.25) is 0 Å². The second kappa shape index (κ2) is 6.74. The Bertz CT molecular complexity index is 318. The van der Waals surface area contributed by atoms with Crippen LogP contribution in [0.1, 0.15) is 25.7 Å². The van der Waals surface area contributed by atoms with Crippen molar-refractivity contribution < 1.29 is 19.1 Å². The van der Waals surface area contributed by atoms with E-state index in [1.165, 1.54) is 7.11 Å². The number of piperidine rings is 1.